The third kappa shape index (κ3) is 6.43. The van der Waals surface area contributed by atoms with Gasteiger partial charge in [-0.1, -0.05) is 25.6 Å². The van der Waals surface area contributed by atoms with Crippen LogP contribution in [0.5, 0.6) is 5.88 Å². The lowest BCUT2D eigenvalue weighted by atomic mass is 10.00. The SMILES string of the molecule is C.COc1ncc(-c2ccc3nc(N)c(-c4ccc(C(=O)N5CCOCC5)cc4)cc3c2)cc1NSc1ccc(F)cc1F. The first kappa shape index (κ1) is 30.7. The van der Waals surface area contributed by atoms with Gasteiger partial charge in [-0.3, -0.25) is 4.79 Å². The molecule has 0 saturated carbocycles. The van der Waals surface area contributed by atoms with Gasteiger partial charge in [-0.15, -0.1) is 0 Å². The highest BCUT2D eigenvalue weighted by atomic mass is 32.2. The molecule has 3 aromatic carbocycles. The molecule has 1 saturated heterocycles. The number of nitrogens with two attached hydrogens (primary N) is 1. The van der Waals surface area contributed by atoms with E-state index in [1.54, 1.807) is 23.2 Å². The number of nitrogens with zero attached hydrogens (tertiary/aromatic N) is 3. The summed E-state index contributed by atoms with van der Waals surface area (Å²) in [5.74, 6) is -0.625. The second-order valence-electron chi connectivity index (χ2n) is 9.87. The number of anilines is 2. The molecule has 0 unspecified atom stereocenters. The maximum atomic E-state index is 14.2. The van der Waals surface area contributed by atoms with Crippen LogP contribution in [0.2, 0.25) is 0 Å². The maximum absolute atomic E-state index is 14.2. The van der Waals surface area contributed by atoms with Crippen LogP contribution in [0, 0.1) is 11.6 Å². The Morgan fingerprint density at radius 1 is 0.977 bits per heavy atom. The average Bonchev–Trinajstić information content (AvgIpc) is 3.04. The van der Waals surface area contributed by atoms with Crippen LogP contribution < -0.4 is 15.2 Å². The number of pyridine rings is 2. The first-order chi connectivity index (χ1) is 20.9. The Labute approximate surface area is 258 Å². The van der Waals surface area contributed by atoms with Gasteiger partial charge in [0, 0.05) is 47.4 Å². The molecule has 11 heteroatoms. The largest absolute Gasteiger partial charge is 0.480 e. The molecule has 1 aliphatic rings. The van der Waals surface area contributed by atoms with Gasteiger partial charge < -0.3 is 24.8 Å². The van der Waals surface area contributed by atoms with Crippen LogP contribution >= 0.6 is 11.9 Å². The topological polar surface area (TPSA) is 103 Å². The number of hydrogen-bond donors (Lipinski definition) is 2. The summed E-state index contributed by atoms with van der Waals surface area (Å²) in [6.45, 7) is 2.25. The lowest BCUT2D eigenvalue weighted by Gasteiger charge is -2.26. The Kier molecular flexibility index (Phi) is 9.26. The number of fused-ring (bicyclic) bond motifs is 1. The lowest BCUT2D eigenvalue weighted by molar-refractivity contribution is 0.0303. The van der Waals surface area contributed by atoms with Gasteiger partial charge in [0.25, 0.3) is 5.91 Å². The molecule has 0 spiro atoms. The highest BCUT2D eigenvalue weighted by molar-refractivity contribution is 8.00. The molecule has 226 valence electrons. The number of aromatic nitrogens is 2. The number of morpholine rings is 1. The van der Waals surface area contributed by atoms with Crippen LogP contribution in [0.4, 0.5) is 20.3 Å². The molecule has 1 aliphatic heterocycles. The van der Waals surface area contributed by atoms with Crippen molar-refractivity contribution in [3.8, 4) is 28.1 Å². The molecule has 5 aromatic rings. The maximum Gasteiger partial charge on any atom is 0.254 e. The van der Waals surface area contributed by atoms with Crippen LogP contribution in [-0.4, -0.2) is 54.2 Å². The van der Waals surface area contributed by atoms with Crippen LogP contribution in [0.25, 0.3) is 33.2 Å². The van der Waals surface area contributed by atoms with Crippen molar-refractivity contribution in [2.24, 2.45) is 0 Å². The second kappa shape index (κ2) is 13.3. The number of benzene rings is 3. The highest BCUT2D eigenvalue weighted by Crippen LogP contribution is 2.35. The molecule has 3 heterocycles. The van der Waals surface area contributed by atoms with E-state index < -0.39 is 11.6 Å². The Morgan fingerprint density at radius 3 is 2.45 bits per heavy atom. The Hall–Kier alpha value is -4.74. The normalized spacial score (nSPS) is 12.9. The predicted octanol–water partition coefficient (Wildman–Crippen LogP) is 7.06. The summed E-state index contributed by atoms with van der Waals surface area (Å²) in [6.07, 6.45) is 1.68. The van der Waals surface area contributed by atoms with Crippen LogP contribution in [0.1, 0.15) is 17.8 Å². The average molecular weight is 616 g/mol. The van der Waals surface area contributed by atoms with Gasteiger partial charge in [0.15, 0.2) is 0 Å². The summed E-state index contributed by atoms with van der Waals surface area (Å²) < 4.78 is 41.3. The van der Waals surface area contributed by atoms with Crippen molar-refractivity contribution in [1.29, 1.82) is 0 Å². The molecule has 6 rings (SSSR count). The Bertz CT molecular complexity index is 1810. The van der Waals surface area contributed by atoms with E-state index in [1.165, 1.54) is 19.2 Å². The quantitative estimate of drug-likeness (QED) is 0.188. The van der Waals surface area contributed by atoms with Gasteiger partial charge in [-0.2, -0.15) is 0 Å². The summed E-state index contributed by atoms with van der Waals surface area (Å²) in [4.78, 5) is 23.9. The fourth-order valence-corrected chi connectivity index (χ4v) is 5.52. The van der Waals surface area contributed by atoms with Gasteiger partial charge >= 0.3 is 0 Å². The third-order valence-corrected chi connectivity index (χ3v) is 8.00. The zero-order valence-corrected chi connectivity index (χ0v) is 24.0. The first-order valence-electron chi connectivity index (χ1n) is 13.5. The number of rotatable bonds is 7. The zero-order chi connectivity index (χ0) is 29.9. The van der Waals surface area contributed by atoms with Crippen LogP contribution in [0.3, 0.4) is 0 Å². The number of hydrogen-bond acceptors (Lipinski definition) is 8. The molecule has 44 heavy (non-hydrogen) atoms. The molecule has 1 fully saturated rings. The minimum atomic E-state index is -0.670. The summed E-state index contributed by atoms with van der Waals surface area (Å²) >= 11 is 0.992. The van der Waals surface area contributed by atoms with Crippen molar-refractivity contribution >= 4 is 40.3 Å². The van der Waals surface area contributed by atoms with Gasteiger partial charge in [0.2, 0.25) is 5.88 Å². The molecule has 8 nitrogen and oxygen atoms in total. The number of carbonyl (C=O) groups is 1. The van der Waals surface area contributed by atoms with Crippen LogP contribution in [0.15, 0.2) is 83.9 Å². The van der Waals surface area contributed by atoms with Crippen molar-refractivity contribution in [1.82, 2.24) is 14.9 Å². The fraction of sp³-hybridized carbons (Fsp3) is 0.182. The summed E-state index contributed by atoms with van der Waals surface area (Å²) in [7, 11) is 1.50. The van der Waals surface area contributed by atoms with E-state index in [-0.39, 0.29) is 18.2 Å². The lowest BCUT2D eigenvalue weighted by Crippen LogP contribution is -2.40. The number of carbonyl (C=O) groups excluding carboxylic acids is 1. The minimum absolute atomic E-state index is 0. The number of nitrogen functional groups attached to an aromatic ring is 1. The number of ether oxygens (including phenoxy) is 2. The molecule has 3 N–H and O–H groups in total. The summed E-state index contributed by atoms with van der Waals surface area (Å²) in [5, 5.41) is 0.864. The molecular weight excluding hydrogens is 584 g/mol. The molecule has 2 aromatic heterocycles. The van der Waals surface area contributed by atoms with Crippen molar-refractivity contribution < 1.29 is 23.0 Å². The Balaban J connectivity index is 0.00000384. The van der Waals surface area contributed by atoms with Crippen molar-refractivity contribution in [2.45, 2.75) is 12.3 Å². The number of methoxy groups -OCH3 is 1. The van der Waals surface area contributed by atoms with Gasteiger partial charge in [-0.25, -0.2) is 18.7 Å². The van der Waals surface area contributed by atoms with E-state index in [1.807, 2.05) is 42.5 Å². The summed E-state index contributed by atoms with van der Waals surface area (Å²) in [6, 6.07) is 20.4. The smallest absolute Gasteiger partial charge is 0.254 e. The van der Waals surface area contributed by atoms with Gasteiger partial charge in [-0.05, 0) is 71.6 Å². The molecular formula is C33H31F2N5O3S. The van der Waals surface area contributed by atoms with Crippen LogP contribution in [-0.2, 0) is 4.74 Å². The van der Waals surface area contributed by atoms with Crippen molar-refractivity contribution in [2.75, 3.05) is 43.9 Å². The minimum Gasteiger partial charge on any atom is -0.480 e. The molecule has 0 radical (unpaired) electrons. The molecule has 0 aliphatic carbocycles. The van der Waals surface area contributed by atoms with Gasteiger partial charge in [0.05, 0.1) is 30.7 Å². The van der Waals surface area contributed by atoms with E-state index >= 15 is 0 Å². The first-order valence-corrected chi connectivity index (χ1v) is 14.3. The summed E-state index contributed by atoms with van der Waals surface area (Å²) in [5.41, 5.74) is 11.5. The standard InChI is InChI=1S/C32H27F2N5O3S.CH4/c1-41-31-28(38-43-29-9-7-24(33)17-26(29)34)16-23(18-36-31)21-6-8-27-22(14-21)15-25(30(35)37-27)19-2-4-20(5-3-19)32(40)39-10-12-42-13-11-39;/h2-9,14-18,38H,10-13H2,1H3,(H2,35,37);1H4. The predicted molar refractivity (Wildman–Crippen MR) is 171 cm³/mol. The van der Waals surface area contributed by atoms with E-state index in [0.29, 0.717) is 49.3 Å². The molecule has 1 amide bonds. The second-order valence-corrected chi connectivity index (χ2v) is 10.7. The van der Waals surface area contributed by atoms with E-state index in [2.05, 4.69) is 14.7 Å². The molecule has 0 atom stereocenters. The van der Waals surface area contributed by atoms with E-state index in [4.69, 9.17) is 15.2 Å². The van der Waals surface area contributed by atoms with Crippen molar-refractivity contribution in [3.63, 3.8) is 0 Å². The number of amides is 1. The third-order valence-electron chi connectivity index (χ3n) is 7.13. The number of halogens is 2. The zero-order valence-electron chi connectivity index (χ0n) is 23.1. The van der Waals surface area contributed by atoms with Gasteiger partial charge in [0.1, 0.15) is 23.1 Å². The molecule has 0 bridgehead atoms. The van der Waals surface area contributed by atoms with E-state index in [0.717, 1.165) is 51.2 Å². The van der Waals surface area contributed by atoms with E-state index in [9.17, 15) is 13.6 Å². The monoisotopic (exact) mass is 615 g/mol. The number of nitrogens with one attached hydrogen (secondary N) is 1. The Morgan fingerprint density at radius 2 is 1.73 bits per heavy atom. The van der Waals surface area contributed by atoms with Crippen molar-refractivity contribution in [3.05, 3.63) is 96.2 Å². The fourth-order valence-electron chi connectivity index (χ4n) is 4.86. The highest BCUT2D eigenvalue weighted by Gasteiger charge is 2.19.